The van der Waals surface area contributed by atoms with E-state index in [1.54, 1.807) is 0 Å². The van der Waals surface area contributed by atoms with Crippen molar-refractivity contribution in [1.29, 1.82) is 0 Å². The van der Waals surface area contributed by atoms with Gasteiger partial charge in [0, 0.05) is 57.3 Å². The Balaban J connectivity index is 1.08. The molecule has 0 N–H and O–H groups in total. The maximum absolute atomic E-state index is 4.90. The number of nitrogens with zero attached hydrogens (tertiary/aromatic N) is 5. The van der Waals surface area contributed by atoms with Gasteiger partial charge in [0.25, 0.3) is 0 Å². The molecule has 0 saturated heterocycles. The standard InChI is InChI=1S/C51H33N5/c1-2-13-40(14-3-1)55-47-19-5-4-16-42(47)43-23-21-35(32-49(43)55)36-22-24-44-50(33-36)56(48-20-11-27-54-51(44)48)41-15-10-12-34(31-41)37-28-38(45-17-6-8-25-52-45)30-39(29-37)46-18-7-9-26-53-46/h1-33H. The van der Waals surface area contributed by atoms with Crippen molar-refractivity contribution >= 4 is 43.7 Å². The molecule has 56 heavy (non-hydrogen) atoms. The Labute approximate surface area is 323 Å². The van der Waals surface area contributed by atoms with Crippen LogP contribution in [-0.4, -0.2) is 24.1 Å². The van der Waals surface area contributed by atoms with Crippen LogP contribution >= 0.6 is 0 Å². The molecule has 5 heteroatoms. The minimum absolute atomic E-state index is 0.922. The molecule has 11 rings (SSSR count). The molecule has 0 atom stereocenters. The molecule has 0 aliphatic carbocycles. The zero-order valence-corrected chi connectivity index (χ0v) is 30.3. The van der Waals surface area contributed by atoms with Gasteiger partial charge in [0.1, 0.15) is 0 Å². The fourth-order valence-electron chi connectivity index (χ4n) is 8.28. The summed E-state index contributed by atoms with van der Waals surface area (Å²) in [5, 5.41) is 3.60. The predicted octanol–water partition coefficient (Wildman–Crippen LogP) is 12.7. The third-order valence-electron chi connectivity index (χ3n) is 10.8. The summed E-state index contributed by atoms with van der Waals surface area (Å²) >= 11 is 0. The van der Waals surface area contributed by atoms with Gasteiger partial charge in [0.15, 0.2) is 0 Å². The summed E-state index contributed by atoms with van der Waals surface area (Å²) in [5.74, 6) is 0. The van der Waals surface area contributed by atoms with Crippen LogP contribution in [0.3, 0.4) is 0 Å². The van der Waals surface area contributed by atoms with Crippen molar-refractivity contribution in [2.75, 3.05) is 0 Å². The van der Waals surface area contributed by atoms with Crippen molar-refractivity contribution in [2.45, 2.75) is 0 Å². The molecule has 262 valence electrons. The summed E-state index contributed by atoms with van der Waals surface area (Å²) in [7, 11) is 0. The average Bonchev–Trinajstić information content (AvgIpc) is 3.79. The van der Waals surface area contributed by atoms with Crippen molar-refractivity contribution in [2.24, 2.45) is 0 Å². The van der Waals surface area contributed by atoms with Gasteiger partial charge in [0.05, 0.1) is 39.0 Å². The Morgan fingerprint density at radius 3 is 1.57 bits per heavy atom. The molecule has 0 radical (unpaired) electrons. The number of hydrogen-bond donors (Lipinski definition) is 0. The van der Waals surface area contributed by atoms with E-state index in [4.69, 9.17) is 15.0 Å². The van der Waals surface area contributed by atoms with E-state index >= 15 is 0 Å². The highest BCUT2D eigenvalue weighted by Crippen LogP contribution is 2.39. The fraction of sp³-hybridized carbons (Fsp3) is 0. The molecular weight excluding hydrogens is 683 g/mol. The number of pyridine rings is 3. The largest absolute Gasteiger partial charge is 0.309 e. The highest BCUT2D eigenvalue weighted by Gasteiger charge is 2.17. The minimum atomic E-state index is 0.922. The van der Waals surface area contributed by atoms with E-state index in [0.29, 0.717) is 0 Å². The lowest BCUT2D eigenvalue weighted by Gasteiger charge is -2.13. The van der Waals surface area contributed by atoms with Gasteiger partial charge in [-0.2, -0.15) is 0 Å². The summed E-state index contributed by atoms with van der Waals surface area (Å²) in [6.45, 7) is 0. The summed E-state index contributed by atoms with van der Waals surface area (Å²) in [4.78, 5) is 14.3. The average molecular weight is 716 g/mol. The zero-order valence-electron chi connectivity index (χ0n) is 30.3. The Morgan fingerprint density at radius 1 is 0.286 bits per heavy atom. The predicted molar refractivity (Wildman–Crippen MR) is 230 cm³/mol. The van der Waals surface area contributed by atoms with Gasteiger partial charge in [-0.1, -0.05) is 78.9 Å². The van der Waals surface area contributed by atoms with Gasteiger partial charge in [-0.3, -0.25) is 15.0 Å². The van der Waals surface area contributed by atoms with Crippen LogP contribution in [-0.2, 0) is 0 Å². The molecular formula is C51H33N5. The summed E-state index contributed by atoms with van der Waals surface area (Å²) in [6.07, 6.45) is 5.57. The highest BCUT2D eigenvalue weighted by atomic mass is 15.0. The zero-order chi connectivity index (χ0) is 37.0. The molecule has 0 bridgehead atoms. The molecule has 0 spiro atoms. The number of para-hydroxylation sites is 2. The quantitative estimate of drug-likeness (QED) is 0.172. The van der Waals surface area contributed by atoms with E-state index in [1.165, 1.54) is 21.8 Å². The second-order valence-corrected chi connectivity index (χ2v) is 14.1. The Kier molecular flexibility index (Phi) is 7.42. The van der Waals surface area contributed by atoms with Gasteiger partial charge < -0.3 is 9.13 Å². The number of aromatic nitrogens is 5. The summed E-state index contributed by atoms with van der Waals surface area (Å²) < 4.78 is 4.73. The van der Waals surface area contributed by atoms with Crippen molar-refractivity contribution in [3.05, 3.63) is 201 Å². The van der Waals surface area contributed by atoms with E-state index < -0.39 is 0 Å². The van der Waals surface area contributed by atoms with Crippen LogP contribution in [0, 0.1) is 0 Å². The van der Waals surface area contributed by atoms with Gasteiger partial charge in [-0.15, -0.1) is 0 Å². The topological polar surface area (TPSA) is 48.5 Å². The van der Waals surface area contributed by atoms with Crippen molar-refractivity contribution in [3.63, 3.8) is 0 Å². The van der Waals surface area contributed by atoms with Gasteiger partial charge >= 0.3 is 0 Å². The molecule has 0 unspecified atom stereocenters. The molecule has 0 aliphatic heterocycles. The number of fused-ring (bicyclic) bond motifs is 6. The van der Waals surface area contributed by atoms with Crippen molar-refractivity contribution < 1.29 is 0 Å². The maximum atomic E-state index is 4.90. The van der Waals surface area contributed by atoms with Gasteiger partial charge in [0.2, 0.25) is 0 Å². The first-order valence-corrected chi connectivity index (χ1v) is 18.8. The van der Waals surface area contributed by atoms with Crippen LogP contribution in [0.2, 0.25) is 0 Å². The van der Waals surface area contributed by atoms with E-state index in [1.807, 2.05) is 48.9 Å². The summed E-state index contributed by atoms with van der Waals surface area (Å²) in [5.41, 5.74) is 16.2. The molecule has 11 aromatic rings. The molecule has 0 amide bonds. The van der Waals surface area contributed by atoms with Crippen LogP contribution in [0.25, 0.3) is 99.9 Å². The molecule has 5 heterocycles. The lowest BCUT2D eigenvalue weighted by molar-refractivity contribution is 1.17. The van der Waals surface area contributed by atoms with Crippen LogP contribution in [0.4, 0.5) is 0 Å². The smallest absolute Gasteiger partial charge is 0.0963 e. The number of hydrogen-bond acceptors (Lipinski definition) is 3. The SMILES string of the molecule is c1ccc(-n2c3ccccc3c3ccc(-c4ccc5c6ncccc6n(-c6cccc(-c7cc(-c8ccccn8)cc(-c8ccccn8)c7)c6)c5c4)cc32)cc1. The first-order chi connectivity index (χ1) is 27.8. The number of rotatable bonds is 6. The Hall–Kier alpha value is -7.63. The van der Waals surface area contributed by atoms with Crippen LogP contribution in [0.15, 0.2) is 201 Å². The molecule has 5 aromatic heterocycles. The molecule has 0 aliphatic rings. The third kappa shape index (κ3) is 5.29. The van der Waals surface area contributed by atoms with Crippen molar-refractivity contribution in [1.82, 2.24) is 24.1 Å². The van der Waals surface area contributed by atoms with Crippen LogP contribution in [0.5, 0.6) is 0 Å². The van der Waals surface area contributed by atoms with E-state index in [9.17, 15) is 0 Å². The minimum Gasteiger partial charge on any atom is -0.309 e. The first-order valence-electron chi connectivity index (χ1n) is 18.8. The van der Waals surface area contributed by atoms with Crippen LogP contribution < -0.4 is 0 Å². The second-order valence-electron chi connectivity index (χ2n) is 14.1. The van der Waals surface area contributed by atoms with Crippen molar-refractivity contribution in [3.8, 4) is 56.1 Å². The lowest BCUT2D eigenvalue weighted by atomic mass is 9.96. The van der Waals surface area contributed by atoms with Gasteiger partial charge in [-0.25, -0.2) is 0 Å². The van der Waals surface area contributed by atoms with E-state index in [0.717, 1.165) is 78.1 Å². The van der Waals surface area contributed by atoms with Crippen LogP contribution in [0.1, 0.15) is 0 Å². The lowest BCUT2D eigenvalue weighted by Crippen LogP contribution is -1.95. The monoisotopic (exact) mass is 715 g/mol. The first kappa shape index (κ1) is 31.9. The van der Waals surface area contributed by atoms with E-state index in [2.05, 4.69) is 161 Å². The Bertz CT molecular complexity index is 3180. The van der Waals surface area contributed by atoms with Gasteiger partial charge in [-0.05, 0) is 125 Å². The normalized spacial score (nSPS) is 11.6. The molecule has 0 fully saturated rings. The molecule has 0 saturated carbocycles. The third-order valence-corrected chi connectivity index (χ3v) is 10.8. The second kappa shape index (κ2) is 13.0. The molecule has 5 nitrogen and oxygen atoms in total. The highest BCUT2D eigenvalue weighted by molar-refractivity contribution is 6.11. The fourth-order valence-corrected chi connectivity index (χ4v) is 8.28. The van der Waals surface area contributed by atoms with E-state index in [-0.39, 0.29) is 0 Å². The Morgan fingerprint density at radius 2 is 0.839 bits per heavy atom. The summed E-state index contributed by atoms with van der Waals surface area (Å²) in [6, 6.07) is 64.6. The molecule has 6 aromatic carbocycles. The maximum Gasteiger partial charge on any atom is 0.0963 e. The number of benzene rings is 6.